The zero-order chi connectivity index (χ0) is 12.8. The van der Waals surface area contributed by atoms with Crippen LogP contribution in [0.2, 0.25) is 0 Å². The summed E-state index contributed by atoms with van der Waals surface area (Å²) in [6, 6.07) is 8.60. The smallest absolute Gasteiger partial charge is 0.133 e. The lowest BCUT2D eigenvalue weighted by Crippen LogP contribution is -2.14. The van der Waals surface area contributed by atoms with Crippen molar-refractivity contribution in [1.29, 1.82) is 0 Å². The number of nitrogens with two attached hydrogens (primary N) is 1. The van der Waals surface area contributed by atoms with Gasteiger partial charge in [-0.3, -0.25) is 4.79 Å². The van der Waals surface area contributed by atoms with E-state index in [1.54, 1.807) is 0 Å². The summed E-state index contributed by atoms with van der Waals surface area (Å²) >= 11 is 0. The minimum atomic E-state index is 0.408. The van der Waals surface area contributed by atoms with Gasteiger partial charge in [-0.05, 0) is 55.7 Å². The van der Waals surface area contributed by atoms with Gasteiger partial charge in [0, 0.05) is 12.8 Å². The SMILES string of the molecule is NCCCCC(=O)CC1CCCc2ccccc21. The fourth-order valence-electron chi connectivity index (χ4n) is 2.91. The van der Waals surface area contributed by atoms with Crippen LogP contribution in [0.3, 0.4) is 0 Å². The highest BCUT2D eigenvalue weighted by Gasteiger charge is 2.21. The molecule has 1 aliphatic rings. The minimum Gasteiger partial charge on any atom is -0.330 e. The molecule has 0 saturated carbocycles. The highest BCUT2D eigenvalue weighted by atomic mass is 16.1. The van der Waals surface area contributed by atoms with Crippen molar-refractivity contribution in [2.45, 2.75) is 50.9 Å². The molecule has 0 aliphatic heterocycles. The Kier molecular flexibility index (Phi) is 4.94. The van der Waals surface area contributed by atoms with Crippen LogP contribution in [-0.4, -0.2) is 12.3 Å². The molecule has 0 heterocycles. The van der Waals surface area contributed by atoms with Crippen molar-refractivity contribution in [3.63, 3.8) is 0 Å². The first-order valence-corrected chi connectivity index (χ1v) is 7.11. The number of fused-ring (bicyclic) bond motifs is 1. The number of ketones is 1. The van der Waals surface area contributed by atoms with Gasteiger partial charge in [0.05, 0.1) is 0 Å². The van der Waals surface area contributed by atoms with Gasteiger partial charge in [0.25, 0.3) is 0 Å². The molecule has 2 heteroatoms. The fourth-order valence-corrected chi connectivity index (χ4v) is 2.91. The van der Waals surface area contributed by atoms with Crippen LogP contribution in [0.1, 0.15) is 55.6 Å². The molecule has 0 saturated heterocycles. The third-order valence-corrected chi connectivity index (χ3v) is 3.88. The van der Waals surface area contributed by atoms with Crippen molar-refractivity contribution < 1.29 is 4.79 Å². The molecule has 0 radical (unpaired) electrons. The molecular formula is C16H23NO. The quantitative estimate of drug-likeness (QED) is 0.782. The lowest BCUT2D eigenvalue weighted by atomic mass is 9.80. The average Bonchev–Trinajstić information content (AvgIpc) is 2.39. The van der Waals surface area contributed by atoms with Crippen LogP contribution in [0.15, 0.2) is 24.3 Å². The molecule has 0 fully saturated rings. The summed E-state index contributed by atoms with van der Waals surface area (Å²) in [6.07, 6.45) is 6.90. The van der Waals surface area contributed by atoms with Crippen molar-refractivity contribution in [1.82, 2.24) is 0 Å². The Bertz CT molecular complexity index is 400. The topological polar surface area (TPSA) is 43.1 Å². The summed E-state index contributed by atoms with van der Waals surface area (Å²) in [5.41, 5.74) is 8.31. The molecule has 0 spiro atoms. The second kappa shape index (κ2) is 6.69. The Labute approximate surface area is 110 Å². The van der Waals surface area contributed by atoms with Crippen molar-refractivity contribution in [2.75, 3.05) is 6.54 Å². The number of aryl methyl sites for hydroxylation is 1. The Hall–Kier alpha value is -1.15. The minimum absolute atomic E-state index is 0.408. The number of carbonyl (C=O) groups is 1. The fraction of sp³-hybridized carbons (Fsp3) is 0.562. The van der Waals surface area contributed by atoms with Crippen LogP contribution in [0.4, 0.5) is 0 Å². The normalized spacial score (nSPS) is 18.4. The first kappa shape index (κ1) is 13.3. The summed E-state index contributed by atoms with van der Waals surface area (Å²) in [6.45, 7) is 0.694. The highest BCUT2D eigenvalue weighted by Crippen LogP contribution is 2.34. The lowest BCUT2D eigenvalue weighted by molar-refractivity contribution is -0.119. The van der Waals surface area contributed by atoms with Crippen LogP contribution < -0.4 is 5.73 Å². The summed E-state index contributed by atoms with van der Waals surface area (Å²) < 4.78 is 0. The summed E-state index contributed by atoms with van der Waals surface area (Å²) in [7, 11) is 0. The molecule has 0 amide bonds. The Balaban J connectivity index is 1.92. The third-order valence-electron chi connectivity index (χ3n) is 3.88. The van der Waals surface area contributed by atoms with Crippen LogP contribution in [0.5, 0.6) is 0 Å². The molecule has 0 aromatic heterocycles. The Morgan fingerprint density at radius 3 is 2.94 bits per heavy atom. The average molecular weight is 245 g/mol. The van der Waals surface area contributed by atoms with Gasteiger partial charge in [-0.25, -0.2) is 0 Å². The van der Waals surface area contributed by atoms with Gasteiger partial charge in [-0.1, -0.05) is 24.3 Å². The third kappa shape index (κ3) is 3.42. The molecule has 2 nitrogen and oxygen atoms in total. The Morgan fingerprint density at radius 1 is 1.28 bits per heavy atom. The number of carbonyl (C=O) groups excluding carboxylic acids is 1. The molecular weight excluding hydrogens is 222 g/mol. The number of rotatable bonds is 6. The standard InChI is InChI=1S/C16H23NO/c17-11-4-3-9-15(18)12-14-8-5-7-13-6-1-2-10-16(13)14/h1-2,6,10,14H,3-5,7-9,11-12,17H2. The number of unbranched alkanes of at least 4 members (excludes halogenated alkanes) is 1. The van der Waals surface area contributed by atoms with Gasteiger partial charge in [0.15, 0.2) is 0 Å². The molecule has 1 aromatic rings. The molecule has 98 valence electrons. The van der Waals surface area contributed by atoms with E-state index in [4.69, 9.17) is 5.73 Å². The van der Waals surface area contributed by atoms with E-state index in [1.807, 2.05) is 0 Å². The molecule has 18 heavy (non-hydrogen) atoms. The van der Waals surface area contributed by atoms with Crippen LogP contribution in [-0.2, 0) is 11.2 Å². The predicted octanol–water partition coefficient (Wildman–Crippen LogP) is 3.19. The number of hydrogen-bond donors (Lipinski definition) is 1. The van der Waals surface area contributed by atoms with E-state index < -0.39 is 0 Å². The van der Waals surface area contributed by atoms with E-state index in [0.29, 0.717) is 24.7 Å². The zero-order valence-electron chi connectivity index (χ0n) is 11.0. The predicted molar refractivity (Wildman–Crippen MR) is 74.7 cm³/mol. The van der Waals surface area contributed by atoms with Gasteiger partial charge >= 0.3 is 0 Å². The summed E-state index contributed by atoms with van der Waals surface area (Å²) in [4.78, 5) is 12.0. The first-order chi connectivity index (χ1) is 8.81. The van der Waals surface area contributed by atoms with Crippen molar-refractivity contribution in [3.8, 4) is 0 Å². The first-order valence-electron chi connectivity index (χ1n) is 7.11. The number of hydrogen-bond acceptors (Lipinski definition) is 2. The summed E-state index contributed by atoms with van der Waals surface area (Å²) in [5.74, 6) is 0.866. The molecule has 1 unspecified atom stereocenters. The molecule has 0 bridgehead atoms. The highest BCUT2D eigenvalue weighted by molar-refractivity contribution is 5.79. The van der Waals surface area contributed by atoms with Crippen molar-refractivity contribution in [2.24, 2.45) is 5.73 Å². The monoisotopic (exact) mass is 245 g/mol. The maximum Gasteiger partial charge on any atom is 0.133 e. The van der Waals surface area contributed by atoms with E-state index in [2.05, 4.69) is 24.3 Å². The van der Waals surface area contributed by atoms with E-state index in [9.17, 15) is 4.79 Å². The van der Waals surface area contributed by atoms with Crippen LogP contribution in [0.25, 0.3) is 0 Å². The van der Waals surface area contributed by atoms with E-state index in [-0.39, 0.29) is 0 Å². The molecule has 1 atom stereocenters. The Morgan fingerprint density at radius 2 is 2.11 bits per heavy atom. The maximum atomic E-state index is 12.0. The van der Waals surface area contributed by atoms with E-state index in [1.165, 1.54) is 30.4 Å². The zero-order valence-corrected chi connectivity index (χ0v) is 11.0. The van der Waals surface area contributed by atoms with Crippen LogP contribution in [0, 0.1) is 0 Å². The van der Waals surface area contributed by atoms with Crippen LogP contribution >= 0.6 is 0 Å². The molecule has 2 N–H and O–H groups in total. The van der Waals surface area contributed by atoms with Crippen molar-refractivity contribution >= 4 is 5.78 Å². The van der Waals surface area contributed by atoms with E-state index >= 15 is 0 Å². The molecule has 1 aliphatic carbocycles. The number of Topliss-reactive ketones (excluding diaryl/α,β-unsaturated/α-hetero) is 1. The largest absolute Gasteiger partial charge is 0.330 e. The molecule has 2 rings (SSSR count). The van der Waals surface area contributed by atoms with Gasteiger partial charge in [-0.15, -0.1) is 0 Å². The number of benzene rings is 1. The van der Waals surface area contributed by atoms with E-state index in [0.717, 1.165) is 19.3 Å². The van der Waals surface area contributed by atoms with Gasteiger partial charge in [0.2, 0.25) is 0 Å². The second-order valence-electron chi connectivity index (χ2n) is 5.28. The lowest BCUT2D eigenvalue weighted by Gasteiger charge is -2.24. The maximum absolute atomic E-state index is 12.0. The molecule has 1 aromatic carbocycles. The van der Waals surface area contributed by atoms with Gasteiger partial charge < -0.3 is 5.73 Å². The second-order valence-corrected chi connectivity index (χ2v) is 5.28. The van der Waals surface area contributed by atoms with Crippen molar-refractivity contribution in [3.05, 3.63) is 35.4 Å². The summed E-state index contributed by atoms with van der Waals surface area (Å²) in [5, 5.41) is 0. The van der Waals surface area contributed by atoms with Gasteiger partial charge in [-0.2, -0.15) is 0 Å². The van der Waals surface area contributed by atoms with Gasteiger partial charge in [0.1, 0.15) is 5.78 Å².